The molecule has 2 rings (SSSR count). The van der Waals surface area contributed by atoms with Crippen LogP contribution in [0.4, 0.5) is 0 Å². The predicted molar refractivity (Wildman–Crippen MR) is 82.4 cm³/mol. The molecule has 1 saturated heterocycles. The van der Waals surface area contributed by atoms with Gasteiger partial charge in [0.25, 0.3) is 5.91 Å². The largest absolute Gasteiger partial charge is 0.366 e. The van der Waals surface area contributed by atoms with Crippen LogP contribution in [0.15, 0.2) is 12.1 Å². The lowest BCUT2D eigenvalue weighted by molar-refractivity contribution is -0.134. The average molecular weight is 299 g/mol. The number of hydrogen-bond donors (Lipinski definition) is 2. The van der Waals surface area contributed by atoms with Crippen molar-refractivity contribution in [1.29, 1.82) is 0 Å². The zero-order valence-corrected chi connectivity index (χ0v) is 13.1. The van der Waals surface area contributed by atoms with Gasteiger partial charge < -0.3 is 15.4 Å². The van der Waals surface area contributed by atoms with Gasteiger partial charge in [-0.2, -0.15) is 0 Å². The minimum atomic E-state index is -0.361. The Morgan fingerprint density at radius 1 is 1.35 bits per heavy atom. The van der Waals surface area contributed by atoms with Crippen LogP contribution in [-0.4, -0.2) is 31.7 Å². The number of carbonyl (C=O) groups is 1. The van der Waals surface area contributed by atoms with Crippen molar-refractivity contribution in [2.75, 3.05) is 19.7 Å². The molecule has 1 fully saturated rings. The molecule has 0 aromatic heterocycles. The molecule has 1 heterocycles. The fraction of sp³-hybridized carbons (Fsp3) is 0.533. The first-order chi connectivity index (χ1) is 9.08. The first-order valence-electron chi connectivity index (χ1n) is 6.74. The van der Waals surface area contributed by atoms with E-state index in [0.717, 1.165) is 6.54 Å². The number of hydrogen-bond acceptors (Lipinski definition) is 3. The molecule has 112 valence electrons. The molecule has 5 heteroatoms. The number of nitrogens with one attached hydrogen (secondary N) is 2. The number of benzene rings is 1. The maximum absolute atomic E-state index is 12.0. The van der Waals surface area contributed by atoms with E-state index >= 15 is 0 Å². The van der Waals surface area contributed by atoms with E-state index in [1.807, 2.05) is 0 Å². The molecule has 1 aliphatic rings. The molecule has 0 aliphatic carbocycles. The number of rotatable bonds is 3. The van der Waals surface area contributed by atoms with Crippen molar-refractivity contribution in [3.05, 3.63) is 34.4 Å². The molecular formula is C15H23ClN2O2. The second kappa shape index (κ2) is 7.62. The Labute approximate surface area is 126 Å². The van der Waals surface area contributed by atoms with Gasteiger partial charge in [-0.15, -0.1) is 12.4 Å². The van der Waals surface area contributed by atoms with Gasteiger partial charge >= 0.3 is 0 Å². The Bertz CT molecular complexity index is 448. The van der Waals surface area contributed by atoms with E-state index in [2.05, 4.69) is 43.5 Å². The molecule has 0 bridgehead atoms. The van der Waals surface area contributed by atoms with Gasteiger partial charge in [0.15, 0.2) is 0 Å². The van der Waals surface area contributed by atoms with Crippen molar-refractivity contribution < 1.29 is 9.53 Å². The number of morpholine rings is 1. The molecule has 0 spiro atoms. The van der Waals surface area contributed by atoms with E-state index in [1.165, 1.54) is 22.3 Å². The third-order valence-electron chi connectivity index (χ3n) is 3.50. The highest BCUT2D eigenvalue weighted by Crippen LogP contribution is 2.16. The summed E-state index contributed by atoms with van der Waals surface area (Å²) in [4.78, 5) is 12.0. The molecule has 0 radical (unpaired) electrons. The number of halogens is 1. The third kappa shape index (κ3) is 4.20. The Kier molecular flexibility index (Phi) is 6.46. The molecule has 0 saturated carbocycles. The van der Waals surface area contributed by atoms with Gasteiger partial charge in [0, 0.05) is 19.6 Å². The second-order valence-electron chi connectivity index (χ2n) is 5.16. The van der Waals surface area contributed by atoms with Crippen molar-refractivity contribution in [3.8, 4) is 0 Å². The zero-order valence-electron chi connectivity index (χ0n) is 12.3. The van der Waals surface area contributed by atoms with E-state index in [4.69, 9.17) is 4.74 Å². The van der Waals surface area contributed by atoms with Crippen LogP contribution in [-0.2, 0) is 16.1 Å². The minimum Gasteiger partial charge on any atom is -0.366 e. The van der Waals surface area contributed by atoms with Crippen molar-refractivity contribution in [1.82, 2.24) is 10.6 Å². The first kappa shape index (κ1) is 17.0. The highest BCUT2D eigenvalue weighted by Gasteiger charge is 2.21. The summed E-state index contributed by atoms with van der Waals surface area (Å²) in [5.74, 6) is -0.0356. The minimum absolute atomic E-state index is 0. The maximum atomic E-state index is 12.0. The van der Waals surface area contributed by atoms with Crippen LogP contribution >= 0.6 is 12.4 Å². The molecule has 4 nitrogen and oxygen atoms in total. The quantitative estimate of drug-likeness (QED) is 0.892. The highest BCUT2D eigenvalue weighted by atomic mass is 35.5. The van der Waals surface area contributed by atoms with Gasteiger partial charge in [0.2, 0.25) is 0 Å². The molecule has 1 amide bonds. The van der Waals surface area contributed by atoms with E-state index in [1.54, 1.807) is 0 Å². The van der Waals surface area contributed by atoms with Crippen molar-refractivity contribution in [2.24, 2.45) is 0 Å². The fourth-order valence-corrected chi connectivity index (χ4v) is 2.51. The van der Waals surface area contributed by atoms with E-state index < -0.39 is 0 Å². The van der Waals surface area contributed by atoms with Crippen LogP contribution in [0.25, 0.3) is 0 Å². The standard InChI is InChI=1S/C15H22N2O2.ClH/c1-10-6-11(2)13(12(3)7-10)8-17-15(18)14-9-16-4-5-19-14;/h6-7,14,16H,4-5,8-9H2,1-3H3,(H,17,18);1H. The molecule has 1 unspecified atom stereocenters. The smallest absolute Gasteiger partial charge is 0.250 e. The summed E-state index contributed by atoms with van der Waals surface area (Å²) >= 11 is 0. The monoisotopic (exact) mass is 298 g/mol. The summed E-state index contributed by atoms with van der Waals surface area (Å²) in [6.45, 7) is 8.83. The Hall–Kier alpha value is -1.10. The molecule has 20 heavy (non-hydrogen) atoms. The maximum Gasteiger partial charge on any atom is 0.250 e. The van der Waals surface area contributed by atoms with Crippen LogP contribution in [0.1, 0.15) is 22.3 Å². The topological polar surface area (TPSA) is 50.4 Å². The molecule has 1 aromatic rings. The Balaban J connectivity index is 0.00000200. The zero-order chi connectivity index (χ0) is 13.8. The third-order valence-corrected chi connectivity index (χ3v) is 3.50. The van der Waals surface area contributed by atoms with E-state index in [9.17, 15) is 4.79 Å². The van der Waals surface area contributed by atoms with E-state index in [-0.39, 0.29) is 24.4 Å². The number of ether oxygens (including phenoxy) is 1. The summed E-state index contributed by atoms with van der Waals surface area (Å²) in [6.07, 6.45) is -0.361. The second-order valence-corrected chi connectivity index (χ2v) is 5.16. The molecule has 2 N–H and O–H groups in total. The van der Waals surface area contributed by atoms with Gasteiger partial charge in [-0.1, -0.05) is 17.7 Å². The summed E-state index contributed by atoms with van der Waals surface area (Å²) in [5.41, 5.74) is 4.90. The lowest BCUT2D eigenvalue weighted by atomic mass is 10.00. The summed E-state index contributed by atoms with van der Waals surface area (Å²) < 4.78 is 5.43. The molecule has 1 aromatic carbocycles. The van der Waals surface area contributed by atoms with Crippen LogP contribution in [0.2, 0.25) is 0 Å². The van der Waals surface area contributed by atoms with Crippen LogP contribution < -0.4 is 10.6 Å². The SMILES string of the molecule is Cc1cc(C)c(CNC(=O)C2CNCCO2)c(C)c1.Cl. The summed E-state index contributed by atoms with van der Waals surface area (Å²) in [7, 11) is 0. The lowest BCUT2D eigenvalue weighted by Crippen LogP contribution is -2.47. The number of carbonyl (C=O) groups excluding carboxylic acids is 1. The van der Waals surface area contributed by atoms with Crippen molar-refractivity contribution >= 4 is 18.3 Å². The summed E-state index contributed by atoms with van der Waals surface area (Å²) in [5, 5.41) is 6.12. The fourth-order valence-electron chi connectivity index (χ4n) is 2.51. The van der Waals surface area contributed by atoms with Crippen molar-refractivity contribution in [3.63, 3.8) is 0 Å². The highest BCUT2D eigenvalue weighted by molar-refractivity contribution is 5.85. The number of aryl methyl sites for hydroxylation is 3. The van der Waals surface area contributed by atoms with E-state index in [0.29, 0.717) is 19.7 Å². The average Bonchev–Trinajstić information content (AvgIpc) is 2.38. The molecular weight excluding hydrogens is 276 g/mol. The first-order valence-corrected chi connectivity index (χ1v) is 6.74. The normalized spacial score (nSPS) is 18.2. The van der Waals surface area contributed by atoms with Gasteiger partial charge in [-0.05, 0) is 37.5 Å². The van der Waals surface area contributed by atoms with Crippen molar-refractivity contribution in [2.45, 2.75) is 33.4 Å². The Morgan fingerprint density at radius 3 is 2.55 bits per heavy atom. The van der Waals surface area contributed by atoms with Gasteiger partial charge in [0.05, 0.1) is 6.61 Å². The lowest BCUT2D eigenvalue weighted by Gasteiger charge is -2.23. The van der Waals surface area contributed by atoms with Crippen LogP contribution in [0.3, 0.4) is 0 Å². The Morgan fingerprint density at radius 2 is 2.00 bits per heavy atom. The molecule has 1 aliphatic heterocycles. The van der Waals surface area contributed by atoms with Crippen LogP contribution in [0, 0.1) is 20.8 Å². The van der Waals surface area contributed by atoms with Gasteiger partial charge in [-0.3, -0.25) is 4.79 Å². The predicted octanol–water partition coefficient (Wildman–Crippen LogP) is 1.64. The van der Waals surface area contributed by atoms with Gasteiger partial charge in [0.1, 0.15) is 6.10 Å². The number of amides is 1. The van der Waals surface area contributed by atoms with Gasteiger partial charge in [-0.25, -0.2) is 0 Å². The van der Waals surface area contributed by atoms with Crippen LogP contribution in [0.5, 0.6) is 0 Å². The summed E-state index contributed by atoms with van der Waals surface area (Å²) in [6, 6.07) is 4.29. The molecule has 1 atom stereocenters.